The molecule has 2 aliphatic rings. The molecule has 7 heteroatoms. The summed E-state index contributed by atoms with van der Waals surface area (Å²) in [6, 6.07) is -1.45. The van der Waals surface area contributed by atoms with Gasteiger partial charge in [0, 0.05) is 6.54 Å². The third-order valence-corrected chi connectivity index (χ3v) is 2.76. The Bertz CT molecular complexity index is 282. The van der Waals surface area contributed by atoms with Crippen LogP contribution in [0.5, 0.6) is 0 Å². The van der Waals surface area contributed by atoms with Gasteiger partial charge < -0.3 is 4.90 Å². The van der Waals surface area contributed by atoms with Gasteiger partial charge in [-0.3, -0.25) is 15.2 Å². The summed E-state index contributed by atoms with van der Waals surface area (Å²) in [7, 11) is 0. The molecule has 7 nitrogen and oxygen atoms in total. The lowest BCUT2D eigenvalue weighted by Gasteiger charge is -2.28. The summed E-state index contributed by atoms with van der Waals surface area (Å²) in [5.74, 6) is -0.605. The molecule has 78 valence electrons. The quantitative estimate of drug-likeness (QED) is 0.380. The third-order valence-electron chi connectivity index (χ3n) is 2.76. The first-order valence-electron chi connectivity index (χ1n) is 4.38. The highest BCUT2D eigenvalue weighted by molar-refractivity contribution is 5.87. The Balaban J connectivity index is 2.17. The van der Waals surface area contributed by atoms with Crippen molar-refractivity contribution in [2.45, 2.75) is 24.9 Å². The highest BCUT2D eigenvalue weighted by atomic mass is 16.5. The van der Waals surface area contributed by atoms with Gasteiger partial charge in [-0.15, -0.1) is 0 Å². The molecule has 0 saturated carbocycles. The average molecular weight is 201 g/mol. The van der Waals surface area contributed by atoms with Gasteiger partial charge in [0.1, 0.15) is 6.04 Å². The monoisotopic (exact) mass is 201 g/mol. The molecule has 2 heterocycles. The zero-order valence-electron chi connectivity index (χ0n) is 7.38. The Morgan fingerprint density at radius 3 is 2.86 bits per heavy atom. The Morgan fingerprint density at radius 1 is 1.50 bits per heavy atom. The van der Waals surface area contributed by atoms with E-state index in [0.29, 0.717) is 24.4 Å². The molecular weight excluding hydrogens is 190 g/mol. The number of hydroxylamine groups is 3. The minimum absolute atomic E-state index is 0.217. The Kier molecular flexibility index (Phi) is 2.05. The highest BCUT2D eigenvalue weighted by Gasteiger charge is 2.46. The van der Waals surface area contributed by atoms with Crippen molar-refractivity contribution < 1.29 is 20.0 Å². The zero-order chi connectivity index (χ0) is 10.3. The van der Waals surface area contributed by atoms with Crippen LogP contribution >= 0.6 is 0 Å². The Labute approximate surface area is 79.8 Å². The van der Waals surface area contributed by atoms with E-state index < -0.39 is 18.0 Å². The van der Waals surface area contributed by atoms with Crippen molar-refractivity contribution in [3.05, 3.63) is 0 Å². The number of fused-ring (bicyclic) bond motifs is 2. The smallest absolute Gasteiger partial charge is 0.309 e. The van der Waals surface area contributed by atoms with Gasteiger partial charge in [0.25, 0.3) is 5.91 Å². The van der Waals surface area contributed by atoms with E-state index in [0.717, 1.165) is 0 Å². The van der Waals surface area contributed by atoms with Gasteiger partial charge in [0.05, 0.1) is 6.04 Å². The molecule has 0 aromatic carbocycles. The van der Waals surface area contributed by atoms with E-state index in [2.05, 4.69) is 0 Å². The van der Waals surface area contributed by atoms with E-state index in [1.165, 1.54) is 10.4 Å². The van der Waals surface area contributed by atoms with Crippen molar-refractivity contribution in [3.8, 4) is 0 Å². The number of piperidine rings is 1. The largest absolute Gasteiger partial charge is 0.344 e. The summed E-state index contributed by atoms with van der Waals surface area (Å²) < 4.78 is 0. The number of rotatable bonds is 1. The predicted molar refractivity (Wildman–Crippen MR) is 42.5 cm³/mol. The maximum absolute atomic E-state index is 11.4. The van der Waals surface area contributed by atoms with E-state index >= 15 is 0 Å². The maximum atomic E-state index is 11.4. The van der Waals surface area contributed by atoms with Crippen molar-refractivity contribution in [3.63, 3.8) is 0 Å². The fourth-order valence-electron chi connectivity index (χ4n) is 2.00. The normalized spacial score (nSPS) is 30.9. The summed E-state index contributed by atoms with van der Waals surface area (Å²) in [4.78, 5) is 23.8. The van der Waals surface area contributed by atoms with Crippen LogP contribution in [0.1, 0.15) is 12.8 Å². The van der Waals surface area contributed by atoms with Gasteiger partial charge in [0.15, 0.2) is 0 Å². The molecular formula is C7H11N3O4. The number of amides is 3. The number of carbonyl (C=O) groups is 2. The third kappa shape index (κ3) is 1.13. The lowest BCUT2D eigenvalue weighted by molar-refractivity contribution is -0.134. The topological polar surface area (TPSA) is 93.1 Å². The second-order valence-corrected chi connectivity index (χ2v) is 3.50. The molecule has 0 spiro atoms. The number of nitrogens with one attached hydrogen (secondary N) is 1. The summed E-state index contributed by atoms with van der Waals surface area (Å²) in [6.07, 6.45) is 1.02. The number of carbonyl (C=O) groups excluding carboxylic acids is 2. The summed E-state index contributed by atoms with van der Waals surface area (Å²) in [5, 5.41) is 18.4. The van der Waals surface area contributed by atoms with E-state index in [1.807, 2.05) is 0 Å². The SMILES string of the molecule is O=C(NO)[C@@H]1CCC2CN1C(=O)N2O. The molecule has 2 bridgehead atoms. The van der Waals surface area contributed by atoms with Crippen LogP contribution in [-0.2, 0) is 4.79 Å². The van der Waals surface area contributed by atoms with Crippen molar-refractivity contribution in [1.29, 1.82) is 0 Å². The summed E-state index contributed by atoms with van der Waals surface area (Å²) in [5.41, 5.74) is 1.52. The van der Waals surface area contributed by atoms with E-state index in [9.17, 15) is 14.8 Å². The molecule has 0 aliphatic carbocycles. The first-order chi connectivity index (χ1) is 6.65. The predicted octanol–water partition coefficient (Wildman–Crippen LogP) is -0.850. The molecule has 14 heavy (non-hydrogen) atoms. The van der Waals surface area contributed by atoms with Gasteiger partial charge in [-0.25, -0.2) is 15.3 Å². The van der Waals surface area contributed by atoms with Gasteiger partial charge >= 0.3 is 6.03 Å². The van der Waals surface area contributed by atoms with Crippen LogP contribution < -0.4 is 5.48 Å². The Hall–Kier alpha value is -1.34. The Morgan fingerprint density at radius 2 is 2.21 bits per heavy atom. The first kappa shape index (κ1) is 9.22. The minimum Gasteiger partial charge on any atom is -0.309 e. The van der Waals surface area contributed by atoms with Gasteiger partial charge in [-0.05, 0) is 12.8 Å². The van der Waals surface area contributed by atoms with Crippen molar-refractivity contribution in [1.82, 2.24) is 15.4 Å². The minimum atomic E-state index is -0.666. The summed E-state index contributed by atoms with van der Waals surface area (Å²) >= 11 is 0. The summed E-state index contributed by atoms with van der Waals surface area (Å²) in [6.45, 7) is 0.341. The van der Waals surface area contributed by atoms with E-state index in [1.54, 1.807) is 0 Å². The average Bonchev–Trinajstić information content (AvgIpc) is 2.44. The van der Waals surface area contributed by atoms with Crippen LogP contribution in [0.4, 0.5) is 4.79 Å². The molecule has 3 amide bonds. The maximum Gasteiger partial charge on any atom is 0.344 e. The van der Waals surface area contributed by atoms with Crippen LogP contribution in [0, 0.1) is 0 Å². The molecule has 0 radical (unpaired) electrons. The van der Waals surface area contributed by atoms with Crippen molar-refractivity contribution in [2.75, 3.05) is 6.54 Å². The van der Waals surface area contributed by atoms with Crippen LogP contribution in [0.2, 0.25) is 0 Å². The van der Waals surface area contributed by atoms with Crippen LogP contribution in [0.25, 0.3) is 0 Å². The lowest BCUT2D eigenvalue weighted by atomic mass is 10.0. The van der Waals surface area contributed by atoms with E-state index in [-0.39, 0.29) is 6.04 Å². The zero-order valence-corrected chi connectivity index (χ0v) is 7.38. The molecule has 2 atom stereocenters. The second-order valence-electron chi connectivity index (χ2n) is 3.50. The first-order valence-corrected chi connectivity index (χ1v) is 4.38. The van der Waals surface area contributed by atoms with Crippen LogP contribution in [0.15, 0.2) is 0 Å². The van der Waals surface area contributed by atoms with Crippen molar-refractivity contribution >= 4 is 11.9 Å². The van der Waals surface area contributed by atoms with Crippen LogP contribution in [0.3, 0.4) is 0 Å². The molecule has 3 N–H and O–H groups in total. The molecule has 0 aromatic heterocycles. The number of nitrogens with zero attached hydrogens (tertiary/aromatic N) is 2. The fourth-order valence-corrected chi connectivity index (χ4v) is 2.00. The molecule has 1 unspecified atom stereocenters. The number of urea groups is 1. The van der Waals surface area contributed by atoms with Crippen molar-refractivity contribution in [2.24, 2.45) is 0 Å². The highest BCUT2D eigenvalue weighted by Crippen LogP contribution is 2.28. The van der Waals surface area contributed by atoms with Crippen LogP contribution in [-0.4, -0.2) is 50.9 Å². The van der Waals surface area contributed by atoms with Gasteiger partial charge in [0.2, 0.25) is 0 Å². The fraction of sp³-hybridized carbons (Fsp3) is 0.714. The molecule has 2 rings (SSSR count). The number of hydrogen-bond donors (Lipinski definition) is 3. The molecule has 2 saturated heterocycles. The number of hydrogen-bond acceptors (Lipinski definition) is 4. The molecule has 0 aromatic rings. The van der Waals surface area contributed by atoms with E-state index in [4.69, 9.17) is 5.21 Å². The molecule has 2 aliphatic heterocycles. The lowest BCUT2D eigenvalue weighted by Crippen LogP contribution is -2.49. The second kappa shape index (κ2) is 3.10. The van der Waals surface area contributed by atoms with Gasteiger partial charge in [-0.2, -0.15) is 0 Å². The van der Waals surface area contributed by atoms with Gasteiger partial charge in [-0.1, -0.05) is 0 Å². The standard InChI is InChI=1S/C7H11N3O4/c11-6(8-13)5-2-1-4-3-9(5)7(12)10(4)14/h4-5,13-14H,1-3H2,(H,8,11)/t4?,5-/m0/s1. The molecule has 2 fully saturated rings.